The van der Waals surface area contributed by atoms with Gasteiger partial charge in [-0.05, 0) is 37.6 Å². The predicted octanol–water partition coefficient (Wildman–Crippen LogP) is 0.708. The van der Waals surface area contributed by atoms with Gasteiger partial charge in [-0.15, -0.1) is 0 Å². The molecule has 0 bridgehead atoms. The first-order chi connectivity index (χ1) is 9.93. The van der Waals surface area contributed by atoms with Crippen LogP contribution in [0.3, 0.4) is 0 Å². The Morgan fingerprint density at radius 1 is 1.29 bits per heavy atom. The van der Waals surface area contributed by atoms with Crippen molar-refractivity contribution in [2.75, 3.05) is 25.5 Å². The van der Waals surface area contributed by atoms with Crippen molar-refractivity contribution < 1.29 is 14.5 Å². The van der Waals surface area contributed by atoms with Crippen LogP contribution >= 0.6 is 11.6 Å². The molecule has 2 amide bonds. The van der Waals surface area contributed by atoms with Gasteiger partial charge < -0.3 is 15.5 Å². The summed E-state index contributed by atoms with van der Waals surface area (Å²) in [5.41, 5.74) is 0.694. The predicted molar refractivity (Wildman–Crippen MR) is 84.6 cm³/mol. The lowest BCUT2D eigenvalue weighted by Crippen LogP contribution is -3.15. The highest BCUT2D eigenvalue weighted by Crippen LogP contribution is 2.13. The molecule has 5 nitrogen and oxygen atoms in total. The molecule has 0 fully saturated rings. The molecule has 0 saturated carbocycles. The molecule has 0 aliphatic heterocycles. The van der Waals surface area contributed by atoms with Crippen molar-refractivity contribution in [3.63, 3.8) is 0 Å². The summed E-state index contributed by atoms with van der Waals surface area (Å²) >= 11 is 5.80. The van der Waals surface area contributed by atoms with Crippen LogP contribution in [0.25, 0.3) is 0 Å². The summed E-state index contributed by atoms with van der Waals surface area (Å²) < 4.78 is 0. The van der Waals surface area contributed by atoms with E-state index in [-0.39, 0.29) is 24.4 Å². The van der Waals surface area contributed by atoms with Gasteiger partial charge in [-0.3, -0.25) is 9.59 Å². The van der Waals surface area contributed by atoms with E-state index in [2.05, 4.69) is 10.6 Å². The van der Waals surface area contributed by atoms with Crippen molar-refractivity contribution in [3.8, 4) is 0 Å². The third kappa shape index (κ3) is 6.14. The second-order valence-corrected chi connectivity index (χ2v) is 5.53. The van der Waals surface area contributed by atoms with Crippen molar-refractivity contribution in [2.24, 2.45) is 0 Å². The van der Waals surface area contributed by atoms with Crippen LogP contribution < -0.4 is 15.5 Å². The SMILES string of the molecule is CCCNC(=O)C[NH+](C)[C@H](C)C(=O)Nc1ccc(Cl)cc1. The smallest absolute Gasteiger partial charge is 0.282 e. The van der Waals surface area contributed by atoms with Crippen molar-refractivity contribution >= 4 is 29.1 Å². The number of rotatable bonds is 7. The molecule has 1 rings (SSSR count). The second-order valence-electron chi connectivity index (χ2n) is 5.09. The van der Waals surface area contributed by atoms with Gasteiger partial charge in [-0.1, -0.05) is 18.5 Å². The van der Waals surface area contributed by atoms with Crippen molar-refractivity contribution in [2.45, 2.75) is 26.3 Å². The van der Waals surface area contributed by atoms with Crippen LogP contribution in [0.1, 0.15) is 20.3 Å². The average Bonchev–Trinajstić information content (AvgIpc) is 2.46. The minimum absolute atomic E-state index is 0.0412. The van der Waals surface area contributed by atoms with Gasteiger partial charge in [0.05, 0.1) is 7.05 Å². The molecule has 2 atom stereocenters. The number of nitrogens with one attached hydrogen (secondary N) is 3. The Kier molecular flexibility index (Phi) is 7.19. The molecule has 0 heterocycles. The number of carbonyl (C=O) groups excluding carboxylic acids is 2. The number of anilines is 1. The van der Waals surface area contributed by atoms with E-state index in [1.807, 2.05) is 14.0 Å². The average molecular weight is 313 g/mol. The zero-order chi connectivity index (χ0) is 15.8. The van der Waals surface area contributed by atoms with E-state index >= 15 is 0 Å². The third-order valence-corrected chi connectivity index (χ3v) is 3.51. The summed E-state index contributed by atoms with van der Waals surface area (Å²) in [4.78, 5) is 24.6. The number of likely N-dealkylation sites (N-methyl/N-ethyl adjacent to an activating group) is 1. The normalized spacial score (nSPS) is 13.3. The van der Waals surface area contributed by atoms with E-state index < -0.39 is 0 Å². The van der Waals surface area contributed by atoms with Crippen molar-refractivity contribution in [1.29, 1.82) is 0 Å². The molecule has 0 radical (unpaired) electrons. The zero-order valence-corrected chi connectivity index (χ0v) is 13.5. The first kappa shape index (κ1) is 17.5. The summed E-state index contributed by atoms with van der Waals surface area (Å²) in [6, 6.07) is 6.60. The van der Waals surface area contributed by atoms with Gasteiger partial charge >= 0.3 is 0 Å². The lowest BCUT2D eigenvalue weighted by molar-refractivity contribution is -0.885. The van der Waals surface area contributed by atoms with Crippen LogP contribution in [0.4, 0.5) is 5.69 Å². The maximum Gasteiger partial charge on any atom is 0.282 e. The Balaban J connectivity index is 2.49. The number of hydrogen-bond donors (Lipinski definition) is 3. The summed E-state index contributed by atoms with van der Waals surface area (Å²) in [6.07, 6.45) is 0.900. The Bertz CT molecular complexity index is 476. The zero-order valence-electron chi connectivity index (χ0n) is 12.7. The molecular weight excluding hydrogens is 290 g/mol. The molecule has 0 aliphatic carbocycles. The van der Waals surface area contributed by atoms with Gasteiger partial charge in [0, 0.05) is 17.3 Å². The van der Waals surface area contributed by atoms with Crippen LogP contribution in [0.15, 0.2) is 24.3 Å². The minimum Gasteiger partial charge on any atom is -0.351 e. The summed E-state index contributed by atoms with van der Waals surface area (Å²) in [5.74, 6) is -0.168. The Hall–Kier alpha value is -1.59. The maximum atomic E-state index is 12.1. The summed E-state index contributed by atoms with van der Waals surface area (Å²) in [5, 5.41) is 6.24. The quantitative estimate of drug-likeness (QED) is 0.694. The molecule has 116 valence electrons. The fraction of sp³-hybridized carbons (Fsp3) is 0.467. The van der Waals surface area contributed by atoms with E-state index in [1.165, 1.54) is 0 Å². The van der Waals surface area contributed by atoms with Crippen LogP contribution in [-0.4, -0.2) is 38.0 Å². The molecule has 0 spiro atoms. The fourth-order valence-corrected chi connectivity index (χ4v) is 1.87. The monoisotopic (exact) mass is 312 g/mol. The minimum atomic E-state index is -0.326. The molecule has 0 aliphatic rings. The molecule has 1 aromatic carbocycles. The second kappa shape index (κ2) is 8.64. The molecular formula is C15H23ClN3O2+. The van der Waals surface area contributed by atoms with E-state index in [0.29, 0.717) is 17.3 Å². The summed E-state index contributed by atoms with van der Waals surface area (Å²) in [6.45, 7) is 4.74. The molecule has 0 saturated heterocycles. The number of halogens is 1. The van der Waals surface area contributed by atoms with Gasteiger partial charge in [0.15, 0.2) is 12.6 Å². The van der Waals surface area contributed by atoms with Gasteiger partial charge in [-0.2, -0.15) is 0 Å². The van der Waals surface area contributed by atoms with Crippen LogP contribution in [-0.2, 0) is 9.59 Å². The first-order valence-corrected chi connectivity index (χ1v) is 7.47. The molecule has 3 N–H and O–H groups in total. The van der Waals surface area contributed by atoms with Gasteiger partial charge in [0.1, 0.15) is 0 Å². The largest absolute Gasteiger partial charge is 0.351 e. The highest BCUT2D eigenvalue weighted by Gasteiger charge is 2.23. The van der Waals surface area contributed by atoms with Crippen LogP contribution in [0, 0.1) is 0 Å². The number of hydrogen-bond acceptors (Lipinski definition) is 2. The topological polar surface area (TPSA) is 62.6 Å². The fourth-order valence-electron chi connectivity index (χ4n) is 1.74. The first-order valence-electron chi connectivity index (χ1n) is 7.09. The van der Waals surface area contributed by atoms with Crippen molar-refractivity contribution in [3.05, 3.63) is 29.3 Å². The lowest BCUT2D eigenvalue weighted by atomic mass is 10.2. The number of amides is 2. The van der Waals surface area contributed by atoms with Crippen LogP contribution in [0.5, 0.6) is 0 Å². The van der Waals surface area contributed by atoms with Gasteiger partial charge in [0.2, 0.25) is 0 Å². The maximum absolute atomic E-state index is 12.1. The van der Waals surface area contributed by atoms with Gasteiger partial charge in [-0.25, -0.2) is 0 Å². The van der Waals surface area contributed by atoms with Crippen LogP contribution in [0.2, 0.25) is 5.02 Å². The van der Waals surface area contributed by atoms with Crippen molar-refractivity contribution in [1.82, 2.24) is 5.32 Å². The number of carbonyl (C=O) groups is 2. The lowest BCUT2D eigenvalue weighted by Gasteiger charge is -2.20. The molecule has 21 heavy (non-hydrogen) atoms. The van der Waals surface area contributed by atoms with E-state index in [4.69, 9.17) is 11.6 Å². The van der Waals surface area contributed by atoms with E-state index in [0.717, 1.165) is 11.3 Å². The van der Waals surface area contributed by atoms with Gasteiger partial charge in [0.25, 0.3) is 11.8 Å². The Morgan fingerprint density at radius 3 is 2.48 bits per heavy atom. The standard InChI is InChI=1S/C15H22ClN3O2/c1-4-9-17-14(20)10-19(3)11(2)15(21)18-13-7-5-12(16)6-8-13/h5-8,11H,4,9-10H2,1-3H3,(H,17,20)(H,18,21)/p+1/t11-/m1/s1. The molecule has 6 heteroatoms. The Morgan fingerprint density at radius 2 is 1.90 bits per heavy atom. The molecule has 1 aromatic rings. The summed E-state index contributed by atoms with van der Waals surface area (Å²) in [7, 11) is 1.83. The highest BCUT2D eigenvalue weighted by atomic mass is 35.5. The number of quaternary nitrogens is 1. The van der Waals surface area contributed by atoms with E-state index in [1.54, 1.807) is 31.2 Å². The molecule has 1 unspecified atom stereocenters. The highest BCUT2D eigenvalue weighted by molar-refractivity contribution is 6.30. The molecule has 0 aromatic heterocycles. The van der Waals surface area contributed by atoms with E-state index in [9.17, 15) is 9.59 Å². The number of benzene rings is 1. The Labute approximate surface area is 130 Å². The third-order valence-electron chi connectivity index (χ3n) is 3.26.